The van der Waals surface area contributed by atoms with Crippen LogP contribution in [0, 0.1) is 6.92 Å². The number of aromatic nitrogens is 3. The Kier molecular flexibility index (Phi) is 6.64. The molecular weight excluding hydrogens is 446 g/mol. The van der Waals surface area contributed by atoms with Crippen LogP contribution in [0.4, 0.5) is 0 Å². The Hall–Kier alpha value is -4.46. The number of aryl methyl sites for hydroxylation is 2. The van der Waals surface area contributed by atoms with Gasteiger partial charge < -0.3 is 9.47 Å². The minimum atomic E-state index is -0.601. The van der Waals surface area contributed by atoms with Crippen molar-refractivity contribution in [3.8, 4) is 16.9 Å². The maximum Gasteiger partial charge on any atom is 0.417 e. The molecule has 2 aromatic carbocycles. The van der Waals surface area contributed by atoms with Crippen molar-refractivity contribution in [2.45, 2.75) is 13.5 Å². The highest BCUT2D eigenvalue weighted by molar-refractivity contribution is 6.06. The lowest BCUT2D eigenvalue weighted by atomic mass is 9.95. The second kappa shape index (κ2) is 9.80. The molecule has 0 saturated carbocycles. The number of fused-ring (bicyclic) bond motifs is 1. The number of esters is 1. The number of nitrogens with zero attached hydrogens (tertiary/aromatic N) is 2. The molecule has 0 unspecified atom stereocenters. The summed E-state index contributed by atoms with van der Waals surface area (Å²) in [5.41, 5.74) is 2.04. The van der Waals surface area contributed by atoms with Crippen LogP contribution in [0.5, 0.6) is 5.75 Å². The third-order valence-corrected chi connectivity index (χ3v) is 5.77. The Labute approximate surface area is 201 Å². The van der Waals surface area contributed by atoms with Crippen LogP contribution >= 0.6 is 0 Å². The van der Waals surface area contributed by atoms with Gasteiger partial charge in [-0.15, -0.1) is 0 Å². The molecule has 1 N–H and O–H groups in total. The Bertz CT molecular complexity index is 1530. The largest absolute Gasteiger partial charge is 0.489 e. The van der Waals surface area contributed by atoms with Gasteiger partial charge in [0.25, 0.3) is 11.2 Å². The van der Waals surface area contributed by atoms with Crippen LogP contribution in [0.15, 0.2) is 76.8 Å². The zero-order chi connectivity index (χ0) is 25.1. The number of carbonyl (C=O) groups is 1. The first-order chi connectivity index (χ1) is 16.8. The van der Waals surface area contributed by atoms with Gasteiger partial charge in [0.2, 0.25) is 0 Å². The number of benzene rings is 2. The number of pyridine rings is 1. The molecule has 0 fully saturated rings. The summed E-state index contributed by atoms with van der Waals surface area (Å²) in [6, 6.07) is 16.9. The normalized spacial score (nSPS) is 10.8. The molecule has 0 radical (unpaired) electrons. The predicted octanol–water partition coefficient (Wildman–Crippen LogP) is 2.95. The van der Waals surface area contributed by atoms with Gasteiger partial charge in [0.15, 0.2) is 0 Å². The maximum atomic E-state index is 13.3. The fraction of sp³-hybridized carbons (Fsp3) is 0.185. The van der Waals surface area contributed by atoms with E-state index in [1.165, 1.54) is 17.7 Å². The Morgan fingerprint density at radius 1 is 1.03 bits per heavy atom. The summed E-state index contributed by atoms with van der Waals surface area (Å²) in [5.74, 6) is 0.0353. The molecule has 0 aliphatic carbocycles. The van der Waals surface area contributed by atoms with E-state index in [0.717, 1.165) is 10.1 Å². The van der Waals surface area contributed by atoms with E-state index in [-0.39, 0.29) is 17.6 Å². The van der Waals surface area contributed by atoms with Crippen molar-refractivity contribution < 1.29 is 19.3 Å². The number of nitrogens with one attached hydrogen (secondary N) is 1. The summed E-state index contributed by atoms with van der Waals surface area (Å²) in [5, 5.41) is 0.212. The number of rotatable bonds is 7. The molecule has 0 atom stereocenters. The molecule has 0 aliphatic rings. The SMILES string of the molecule is C=CCOC(=O)c1c(C)[nH+]c2c(c1-c1ccc(OCc3ccccc3)cc1)c(=O)n(C)c(=O)n2C. The fourth-order valence-electron chi connectivity index (χ4n) is 3.98. The van der Waals surface area contributed by atoms with Crippen LogP contribution in [-0.2, 0) is 25.4 Å². The van der Waals surface area contributed by atoms with Gasteiger partial charge in [0.1, 0.15) is 35.6 Å². The molecule has 0 spiro atoms. The fourth-order valence-corrected chi connectivity index (χ4v) is 3.98. The molecule has 2 aromatic heterocycles. The smallest absolute Gasteiger partial charge is 0.417 e. The standard InChI is InChI=1S/C27H25N3O5/c1-5-15-34-26(32)21-17(2)28-24-23(25(31)30(4)27(33)29(24)3)22(21)19-11-13-20(14-12-19)35-16-18-9-7-6-8-10-18/h5-14H,1,15-16H2,2-4H3/p+1. The van der Waals surface area contributed by atoms with Crippen LogP contribution in [0.3, 0.4) is 0 Å². The van der Waals surface area contributed by atoms with Gasteiger partial charge in [-0.3, -0.25) is 4.79 Å². The first-order valence-electron chi connectivity index (χ1n) is 11.0. The highest BCUT2D eigenvalue weighted by Gasteiger charge is 2.28. The van der Waals surface area contributed by atoms with Gasteiger partial charge in [-0.1, -0.05) is 55.1 Å². The summed E-state index contributed by atoms with van der Waals surface area (Å²) >= 11 is 0. The van der Waals surface area contributed by atoms with Crippen LogP contribution < -0.4 is 21.0 Å². The molecule has 4 aromatic rings. The van der Waals surface area contributed by atoms with Crippen LogP contribution in [-0.4, -0.2) is 21.7 Å². The molecule has 0 amide bonds. The van der Waals surface area contributed by atoms with Crippen LogP contribution in [0.25, 0.3) is 22.2 Å². The maximum absolute atomic E-state index is 13.3. The number of aromatic amines is 1. The van der Waals surface area contributed by atoms with Crippen molar-refractivity contribution in [2.24, 2.45) is 14.1 Å². The van der Waals surface area contributed by atoms with E-state index < -0.39 is 17.2 Å². The van der Waals surface area contributed by atoms with Crippen molar-refractivity contribution in [3.05, 3.63) is 105 Å². The average Bonchev–Trinajstić information content (AvgIpc) is 2.88. The lowest BCUT2D eigenvalue weighted by Crippen LogP contribution is -2.40. The molecular formula is C27H26N3O5+. The third kappa shape index (κ3) is 4.50. The molecule has 35 heavy (non-hydrogen) atoms. The van der Waals surface area contributed by atoms with E-state index in [0.29, 0.717) is 34.8 Å². The van der Waals surface area contributed by atoms with E-state index >= 15 is 0 Å². The van der Waals surface area contributed by atoms with Gasteiger partial charge >= 0.3 is 11.7 Å². The second-order valence-corrected chi connectivity index (χ2v) is 8.12. The summed E-state index contributed by atoms with van der Waals surface area (Å²) in [6.45, 7) is 5.71. The first kappa shape index (κ1) is 23.7. The minimum Gasteiger partial charge on any atom is -0.489 e. The van der Waals surface area contributed by atoms with Crippen LogP contribution in [0.1, 0.15) is 21.6 Å². The van der Waals surface area contributed by atoms with Crippen molar-refractivity contribution in [1.82, 2.24) is 9.13 Å². The lowest BCUT2D eigenvalue weighted by Gasteiger charge is -2.14. The molecule has 0 saturated heterocycles. The lowest BCUT2D eigenvalue weighted by molar-refractivity contribution is -0.359. The van der Waals surface area contributed by atoms with E-state index in [4.69, 9.17) is 9.47 Å². The Morgan fingerprint density at radius 2 is 1.71 bits per heavy atom. The van der Waals surface area contributed by atoms with Crippen molar-refractivity contribution in [2.75, 3.05) is 6.61 Å². The monoisotopic (exact) mass is 472 g/mol. The van der Waals surface area contributed by atoms with Gasteiger partial charge in [0, 0.05) is 12.6 Å². The van der Waals surface area contributed by atoms with Crippen molar-refractivity contribution >= 4 is 17.0 Å². The Balaban J connectivity index is 1.88. The number of ether oxygens (including phenoxy) is 2. The van der Waals surface area contributed by atoms with Crippen molar-refractivity contribution in [1.29, 1.82) is 0 Å². The molecule has 2 heterocycles. The van der Waals surface area contributed by atoms with E-state index in [1.54, 1.807) is 38.2 Å². The predicted molar refractivity (Wildman–Crippen MR) is 132 cm³/mol. The summed E-state index contributed by atoms with van der Waals surface area (Å²) in [6.07, 6.45) is 1.47. The number of H-pyrrole nitrogens is 1. The average molecular weight is 473 g/mol. The molecule has 0 bridgehead atoms. The zero-order valence-electron chi connectivity index (χ0n) is 19.8. The highest BCUT2D eigenvalue weighted by atomic mass is 16.5. The molecule has 0 aliphatic heterocycles. The molecule has 178 valence electrons. The van der Waals surface area contributed by atoms with Gasteiger partial charge in [-0.2, -0.15) is 4.57 Å². The van der Waals surface area contributed by atoms with Gasteiger partial charge in [-0.05, 0) is 30.2 Å². The third-order valence-electron chi connectivity index (χ3n) is 5.77. The van der Waals surface area contributed by atoms with E-state index in [1.807, 2.05) is 30.3 Å². The molecule has 8 nitrogen and oxygen atoms in total. The molecule has 4 rings (SSSR count). The molecule has 8 heteroatoms. The minimum absolute atomic E-state index is 0.0211. The summed E-state index contributed by atoms with van der Waals surface area (Å²) in [7, 11) is 2.98. The van der Waals surface area contributed by atoms with E-state index in [9.17, 15) is 14.4 Å². The second-order valence-electron chi connectivity index (χ2n) is 8.12. The van der Waals surface area contributed by atoms with E-state index in [2.05, 4.69) is 11.6 Å². The zero-order valence-corrected chi connectivity index (χ0v) is 19.8. The Morgan fingerprint density at radius 3 is 2.37 bits per heavy atom. The number of hydrogen-bond donors (Lipinski definition) is 0. The summed E-state index contributed by atoms with van der Waals surface area (Å²) < 4.78 is 13.6. The topological polar surface area (TPSA) is 93.7 Å². The van der Waals surface area contributed by atoms with Crippen molar-refractivity contribution in [3.63, 3.8) is 0 Å². The quantitative estimate of drug-likeness (QED) is 0.305. The number of carbonyl (C=O) groups excluding carboxylic acids is 1. The summed E-state index contributed by atoms with van der Waals surface area (Å²) in [4.78, 5) is 41.9. The van der Waals surface area contributed by atoms with Gasteiger partial charge in [-0.25, -0.2) is 19.1 Å². The first-order valence-corrected chi connectivity index (χ1v) is 11.0. The number of hydrogen-bond acceptors (Lipinski definition) is 5. The van der Waals surface area contributed by atoms with Crippen LogP contribution in [0.2, 0.25) is 0 Å². The highest BCUT2D eigenvalue weighted by Crippen LogP contribution is 2.31. The van der Waals surface area contributed by atoms with Gasteiger partial charge in [0.05, 0.1) is 7.05 Å².